The van der Waals surface area contributed by atoms with E-state index in [1.807, 2.05) is 6.07 Å². The minimum absolute atomic E-state index is 0.256. The van der Waals surface area contributed by atoms with Crippen LogP contribution in [0.3, 0.4) is 0 Å². The first-order valence-electron chi connectivity index (χ1n) is 4.75. The minimum Gasteiger partial charge on any atom is -0.506 e. The standard InChI is InChI=1S/C11H13NO2S/c1-11(2,14)6-9-12-7-4-3-5-8(13)10(7)15-9/h3-5,13-14H,6H2,1-2H3. The molecule has 4 heteroatoms. The van der Waals surface area contributed by atoms with Gasteiger partial charge < -0.3 is 10.2 Å². The van der Waals surface area contributed by atoms with Gasteiger partial charge in [0.15, 0.2) is 0 Å². The number of aliphatic hydroxyl groups is 1. The number of phenolic OH excluding ortho intramolecular Hbond substituents is 1. The topological polar surface area (TPSA) is 53.4 Å². The molecule has 0 spiro atoms. The molecule has 0 atom stereocenters. The van der Waals surface area contributed by atoms with Gasteiger partial charge in [-0.2, -0.15) is 0 Å². The van der Waals surface area contributed by atoms with E-state index in [0.717, 1.165) is 15.2 Å². The monoisotopic (exact) mass is 223 g/mol. The Balaban J connectivity index is 2.44. The number of phenols is 1. The minimum atomic E-state index is -0.760. The molecule has 2 rings (SSSR count). The number of benzene rings is 1. The van der Waals surface area contributed by atoms with E-state index in [9.17, 15) is 10.2 Å². The molecule has 0 saturated heterocycles. The number of aromatic hydroxyl groups is 1. The predicted octanol–water partition coefficient (Wildman–Crippen LogP) is 2.32. The lowest BCUT2D eigenvalue weighted by Gasteiger charge is -2.14. The summed E-state index contributed by atoms with van der Waals surface area (Å²) < 4.78 is 0.789. The highest BCUT2D eigenvalue weighted by molar-refractivity contribution is 7.19. The molecule has 15 heavy (non-hydrogen) atoms. The molecular formula is C11H13NO2S. The van der Waals surface area contributed by atoms with Crippen LogP contribution in [0.5, 0.6) is 5.75 Å². The van der Waals surface area contributed by atoms with E-state index in [1.165, 1.54) is 11.3 Å². The van der Waals surface area contributed by atoms with Crippen LogP contribution in [-0.4, -0.2) is 20.8 Å². The maximum atomic E-state index is 9.67. The third-order valence-corrected chi connectivity index (χ3v) is 3.12. The van der Waals surface area contributed by atoms with E-state index in [0.29, 0.717) is 6.42 Å². The van der Waals surface area contributed by atoms with Crippen molar-refractivity contribution in [2.45, 2.75) is 25.9 Å². The Morgan fingerprint density at radius 3 is 2.73 bits per heavy atom. The van der Waals surface area contributed by atoms with Gasteiger partial charge in [0.2, 0.25) is 0 Å². The van der Waals surface area contributed by atoms with Gasteiger partial charge in [0.1, 0.15) is 5.75 Å². The number of aromatic nitrogens is 1. The Kier molecular flexibility index (Phi) is 2.40. The molecule has 0 radical (unpaired) electrons. The van der Waals surface area contributed by atoms with Crippen LogP contribution in [0.25, 0.3) is 10.2 Å². The third-order valence-electron chi connectivity index (χ3n) is 2.02. The third kappa shape index (κ3) is 2.27. The Morgan fingerprint density at radius 1 is 1.40 bits per heavy atom. The second-order valence-corrected chi connectivity index (χ2v) is 5.31. The Morgan fingerprint density at radius 2 is 2.13 bits per heavy atom. The van der Waals surface area contributed by atoms with Crippen LogP contribution in [0.15, 0.2) is 18.2 Å². The van der Waals surface area contributed by atoms with Gasteiger partial charge in [0.25, 0.3) is 0 Å². The van der Waals surface area contributed by atoms with Crippen molar-refractivity contribution in [3.05, 3.63) is 23.2 Å². The normalized spacial score (nSPS) is 12.2. The van der Waals surface area contributed by atoms with E-state index in [4.69, 9.17) is 0 Å². The van der Waals surface area contributed by atoms with E-state index >= 15 is 0 Å². The zero-order valence-corrected chi connectivity index (χ0v) is 9.51. The lowest BCUT2D eigenvalue weighted by Crippen LogP contribution is -2.21. The molecule has 0 aliphatic heterocycles. The van der Waals surface area contributed by atoms with Crippen LogP contribution in [0.2, 0.25) is 0 Å². The lowest BCUT2D eigenvalue weighted by atomic mass is 10.1. The van der Waals surface area contributed by atoms with Crippen molar-refractivity contribution in [1.29, 1.82) is 0 Å². The van der Waals surface area contributed by atoms with E-state index < -0.39 is 5.60 Å². The van der Waals surface area contributed by atoms with Crippen LogP contribution in [0, 0.1) is 0 Å². The zero-order valence-electron chi connectivity index (χ0n) is 8.69. The van der Waals surface area contributed by atoms with E-state index in [1.54, 1.807) is 26.0 Å². The highest BCUT2D eigenvalue weighted by Gasteiger charge is 2.17. The molecule has 0 amide bonds. The molecule has 0 aliphatic rings. The summed E-state index contributed by atoms with van der Waals surface area (Å²) in [5.74, 6) is 0.256. The van der Waals surface area contributed by atoms with Gasteiger partial charge >= 0.3 is 0 Å². The predicted molar refractivity (Wildman–Crippen MR) is 61.3 cm³/mol. The van der Waals surface area contributed by atoms with E-state index in [2.05, 4.69) is 4.98 Å². The summed E-state index contributed by atoms with van der Waals surface area (Å²) >= 11 is 1.43. The van der Waals surface area contributed by atoms with Gasteiger partial charge in [-0.25, -0.2) is 4.98 Å². The van der Waals surface area contributed by atoms with Crippen molar-refractivity contribution in [2.24, 2.45) is 0 Å². The van der Waals surface area contributed by atoms with Crippen molar-refractivity contribution in [3.63, 3.8) is 0 Å². The average Bonchev–Trinajstić information content (AvgIpc) is 2.45. The number of rotatable bonds is 2. The largest absolute Gasteiger partial charge is 0.506 e. The summed E-state index contributed by atoms with van der Waals surface area (Å²) in [6.45, 7) is 3.50. The molecular weight excluding hydrogens is 210 g/mol. The first kappa shape index (κ1) is 10.4. The number of thiazole rings is 1. The van der Waals surface area contributed by atoms with Gasteiger partial charge in [-0.1, -0.05) is 6.07 Å². The lowest BCUT2D eigenvalue weighted by molar-refractivity contribution is 0.0810. The van der Waals surface area contributed by atoms with Crippen LogP contribution in [0.4, 0.5) is 0 Å². The molecule has 0 saturated carbocycles. The second kappa shape index (κ2) is 3.47. The molecule has 3 nitrogen and oxygen atoms in total. The molecule has 0 unspecified atom stereocenters. The van der Waals surface area contributed by atoms with Crippen LogP contribution in [0.1, 0.15) is 18.9 Å². The first-order valence-corrected chi connectivity index (χ1v) is 5.57. The van der Waals surface area contributed by atoms with Crippen molar-refractivity contribution in [1.82, 2.24) is 4.98 Å². The van der Waals surface area contributed by atoms with Crippen molar-refractivity contribution < 1.29 is 10.2 Å². The highest BCUT2D eigenvalue weighted by atomic mass is 32.1. The molecule has 2 N–H and O–H groups in total. The summed E-state index contributed by atoms with van der Waals surface area (Å²) in [5, 5.41) is 20.1. The molecule has 0 aliphatic carbocycles. The number of fused-ring (bicyclic) bond motifs is 1. The molecule has 2 aromatic rings. The van der Waals surface area contributed by atoms with Crippen LogP contribution < -0.4 is 0 Å². The molecule has 1 aromatic heterocycles. The van der Waals surface area contributed by atoms with Gasteiger partial charge in [0, 0.05) is 6.42 Å². The molecule has 0 bridgehead atoms. The number of nitrogens with zero attached hydrogens (tertiary/aromatic N) is 1. The second-order valence-electron chi connectivity index (χ2n) is 4.22. The maximum Gasteiger partial charge on any atom is 0.135 e. The summed E-state index contributed by atoms with van der Waals surface area (Å²) in [4.78, 5) is 4.36. The zero-order chi connectivity index (χ0) is 11.1. The van der Waals surface area contributed by atoms with Crippen molar-refractivity contribution in [2.75, 3.05) is 0 Å². The van der Waals surface area contributed by atoms with Crippen molar-refractivity contribution in [3.8, 4) is 5.75 Å². The van der Waals surface area contributed by atoms with Crippen LogP contribution in [-0.2, 0) is 6.42 Å². The maximum absolute atomic E-state index is 9.67. The molecule has 80 valence electrons. The number of hydrogen-bond donors (Lipinski definition) is 2. The van der Waals surface area contributed by atoms with Gasteiger partial charge in [-0.05, 0) is 26.0 Å². The quantitative estimate of drug-likeness (QED) is 0.821. The Hall–Kier alpha value is -1.13. The highest BCUT2D eigenvalue weighted by Crippen LogP contribution is 2.31. The summed E-state index contributed by atoms with van der Waals surface area (Å²) in [7, 11) is 0. The average molecular weight is 223 g/mol. The summed E-state index contributed by atoms with van der Waals surface area (Å²) in [6, 6.07) is 5.28. The van der Waals surface area contributed by atoms with Gasteiger partial charge in [-0.3, -0.25) is 0 Å². The molecule has 1 heterocycles. The fourth-order valence-electron chi connectivity index (χ4n) is 1.43. The fraction of sp³-hybridized carbons (Fsp3) is 0.364. The Labute approximate surface area is 92.0 Å². The summed E-state index contributed by atoms with van der Waals surface area (Å²) in [6.07, 6.45) is 0.506. The van der Waals surface area contributed by atoms with Crippen molar-refractivity contribution >= 4 is 21.6 Å². The van der Waals surface area contributed by atoms with E-state index in [-0.39, 0.29) is 5.75 Å². The number of hydrogen-bond acceptors (Lipinski definition) is 4. The SMILES string of the molecule is CC(C)(O)Cc1nc2cccc(O)c2s1. The smallest absolute Gasteiger partial charge is 0.135 e. The first-order chi connectivity index (χ1) is 6.96. The molecule has 1 aromatic carbocycles. The van der Waals surface area contributed by atoms with Gasteiger partial charge in [-0.15, -0.1) is 11.3 Å². The van der Waals surface area contributed by atoms with Gasteiger partial charge in [0.05, 0.1) is 20.8 Å². The van der Waals surface area contributed by atoms with Crippen LogP contribution >= 0.6 is 11.3 Å². The molecule has 0 fully saturated rings. The fourth-order valence-corrected chi connectivity index (χ4v) is 2.62. The Bertz CT molecular complexity index is 485. The summed E-state index contributed by atoms with van der Waals surface area (Å²) in [5.41, 5.74) is 0.0306.